The van der Waals surface area contributed by atoms with Gasteiger partial charge < -0.3 is 14.6 Å². The summed E-state index contributed by atoms with van der Waals surface area (Å²) in [4.78, 5) is 41.7. The van der Waals surface area contributed by atoms with Gasteiger partial charge in [-0.05, 0) is 41.7 Å². The van der Waals surface area contributed by atoms with Crippen LogP contribution in [0.3, 0.4) is 0 Å². The second kappa shape index (κ2) is 7.60. The van der Waals surface area contributed by atoms with E-state index in [1.54, 1.807) is 31.5 Å². The average Bonchev–Trinajstić information content (AvgIpc) is 3.03. The molecular formula is C21H18F2N2O6. The highest BCUT2D eigenvalue weighted by Crippen LogP contribution is 2.42. The zero-order valence-electron chi connectivity index (χ0n) is 16.3. The predicted molar refractivity (Wildman–Crippen MR) is 100 cm³/mol. The summed E-state index contributed by atoms with van der Waals surface area (Å²) in [5, 5.41) is 9.56. The van der Waals surface area contributed by atoms with Crippen LogP contribution < -0.4 is 9.47 Å². The Morgan fingerprint density at radius 2 is 2.00 bits per heavy atom. The van der Waals surface area contributed by atoms with Crippen LogP contribution in [0.4, 0.5) is 8.78 Å². The number of carboxylic acids is 1. The van der Waals surface area contributed by atoms with E-state index in [1.807, 2.05) is 0 Å². The lowest BCUT2D eigenvalue weighted by molar-refractivity contribution is -0.286. The van der Waals surface area contributed by atoms with Crippen LogP contribution in [0.15, 0.2) is 42.7 Å². The number of carbonyl (C=O) groups excluding carboxylic acids is 2. The van der Waals surface area contributed by atoms with Crippen LogP contribution in [0.25, 0.3) is 0 Å². The third kappa shape index (κ3) is 3.92. The Morgan fingerprint density at radius 3 is 2.68 bits per heavy atom. The molecule has 1 N–H and O–H groups in total. The monoisotopic (exact) mass is 432 g/mol. The number of aliphatic carboxylic acids is 1. The normalized spacial score (nSPS) is 22.0. The number of alkyl halides is 2. The minimum Gasteiger partial charge on any atom is -0.480 e. The molecule has 10 heteroatoms. The number of amides is 2. The summed E-state index contributed by atoms with van der Waals surface area (Å²) in [7, 11) is 0. The van der Waals surface area contributed by atoms with Crippen LogP contribution in [0, 0.1) is 5.92 Å². The Hall–Kier alpha value is -3.56. The number of β-lactam (4-membered cyclic amide) rings is 1. The molecule has 0 radical (unpaired) electrons. The molecule has 1 aromatic carbocycles. The molecule has 31 heavy (non-hydrogen) atoms. The van der Waals surface area contributed by atoms with Crippen molar-refractivity contribution in [2.45, 2.75) is 38.0 Å². The molecule has 162 valence electrons. The van der Waals surface area contributed by atoms with Crippen LogP contribution in [0.2, 0.25) is 0 Å². The topological polar surface area (TPSA) is 106 Å². The van der Waals surface area contributed by atoms with E-state index in [0.717, 1.165) is 4.90 Å². The van der Waals surface area contributed by atoms with Crippen LogP contribution >= 0.6 is 0 Å². The van der Waals surface area contributed by atoms with Crippen molar-refractivity contribution in [3.05, 3.63) is 53.9 Å². The van der Waals surface area contributed by atoms with Gasteiger partial charge in [0.25, 0.3) is 0 Å². The smallest absolute Gasteiger partial charge is 0.480 e. The summed E-state index contributed by atoms with van der Waals surface area (Å²) in [5.74, 6) is -4.06. The molecule has 1 aromatic heterocycles. The Labute approximate surface area is 175 Å². The SMILES string of the molecule is C[C@@H](CC(=O)N1C(=O)[C@H](Cc2cccnc2)[C@H]1C(=O)O)c1ccc2c(c1)OC(F)(F)O2. The standard InChI is InChI=1S/C21H18F2N2O6/c1-11(13-4-5-15-16(9-13)31-21(22,23)30-15)7-17(26)25-18(20(28)29)14(19(25)27)8-12-3-2-6-24-10-12/h2-6,9-11,14,18H,7-8H2,1H3,(H,28,29)/t11-,14+,18-/m0/s1. The summed E-state index contributed by atoms with van der Waals surface area (Å²) in [6, 6.07) is 6.31. The maximum Gasteiger partial charge on any atom is 0.586 e. The molecule has 2 aromatic rings. The van der Waals surface area contributed by atoms with E-state index in [-0.39, 0.29) is 24.3 Å². The fourth-order valence-corrected chi connectivity index (χ4v) is 3.83. The molecule has 3 heterocycles. The number of carbonyl (C=O) groups is 3. The van der Waals surface area contributed by atoms with E-state index < -0.39 is 42.0 Å². The van der Waals surface area contributed by atoms with Crippen molar-refractivity contribution in [1.82, 2.24) is 9.88 Å². The number of pyridine rings is 1. The van der Waals surface area contributed by atoms with Gasteiger partial charge in [-0.1, -0.05) is 19.1 Å². The number of rotatable bonds is 6. The number of hydrogen-bond donors (Lipinski definition) is 1. The van der Waals surface area contributed by atoms with Crippen molar-refractivity contribution in [3.8, 4) is 11.5 Å². The maximum absolute atomic E-state index is 13.2. The second-order valence-corrected chi connectivity index (χ2v) is 7.54. The lowest BCUT2D eigenvalue weighted by Crippen LogP contribution is -2.66. The lowest BCUT2D eigenvalue weighted by atomic mass is 9.81. The number of benzene rings is 1. The van der Waals surface area contributed by atoms with E-state index in [1.165, 1.54) is 18.2 Å². The van der Waals surface area contributed by atoms with E-state index in [0.29, 0.717) is 11.1 Å². The third-order valence-corrected chi connectivity index (χ3v) is 5.39. The van der Waals surface area contributed by atoms with Gasteiger partial charge in [-0.25, -0.2) is 4.79 Å². The number of carboxylic acid groups (broad SMARTS) is 1. The number of imide groups is 1. The highest BCUT2D eigenvalue weighted by Gasteiger charge is 2.54. The molecule has 0 unspecified atom stereocenters. The average molecular weight is 432 g/mol. The van der Waals surface area contributed by atoms with Gasteiger partial charge in [0.05, 0.1) is 5.92 Å². The summed E-state index contributed by atoms with van der Waals surface area (Å²) < 4.78 is 35.1. The van der Waals surface area contributed by atoms with Crippen LogP contribution in [0.1, 0.15) is 30.4 Å². The molecule has 2 amide bonds. The van der Waals surface area contributed by atoms with Gasteiger partial charge in [-0.2, -0.15) is 0 Å². The van der Waals surface area contributed by atoms with Crippen molar-refractivity contribution < 1.29 is 37.7 Å². The molecule has 0 saturated carbocycles. The summed E-state index contributed by atoms with van der Waals surface area (Å²) in [6.07, 6.45) is -0.649. The highest BCUT2D eigenvalue weighted by molar-refractivity contribution is 6.08. The lowest BCUT2D eigenvalue weighted by Gasteiger charge is -2.43. The van der Waals surface area contributed by atoms with Gasteiger partial charge in [0.2, 0.25) is 11.8 Å². The van der Waals surface area contributed by atoms with Crippen molar-refractivity contribution in [2.75, 3.05) is 0 Å². The summed E-state index contributed by atoms with van der Waals surface area (Å²) in [5.41, 5.74) is 1.21. The molecular weight excluding hydrogens is 414 g/mol. The minimum atomic E-state index is -3.75. The Kier molecular flexibility index (Phi) is 5.08. The highest BCUT2D eigenvalue weighted by atomic mass is 19.3. The summed E-state index contributed by atoms with van der Waals surface area (Å²) >= 11 is 0. The largest absolute Gasteiger partial charge is 0.586 e. The molecule has 0 bridgehead atoms. The van der Waals surface area contributed by atoms with Crippen molar-refractivity contribution >= 4 is 17.8 Å². The van der Waals surface area contributed by atoms with Gasteiger partial charge in [-0.15, -0.1) is 8.78 Å². The Bertz CT molecular complexity index is 1050. The molecule has 0 aliphatic carbocycles. The Balaban J connectivity index is 1.44. The van der Waals surface area contributed by atoms with E-state index >= 15 is 0 Å². The van der Waals surface area contributed by atoms with Crippen LogP contribution in [-0.2, 0) is 20.8 Å². The van der Waals surface area contributed by atoms with Gasteiger partial charge in [-0.3, -0.25) is 19.5 Å². The fraction of sp³-hybridized carbons (Fsp3) is 0.333. The first kappa shape index (κ1) is 20.7. The molecule has 0 spiro atoms. The number of aromatic nitrogens is 1. The second-order valence-electron chi connectivity index (χ2n) is 7.54. The number of likely N-dealkylation sites (tertiary alicyclic amines) is 1. The van der Waals surface area contributed by atoms with E-state index in [4.69, 9.17) is 0 Å². The number of fused-ring (bicyclic) bond motifs is 1. The van der Waals surface area contributed by atoms with Crippen molar-refractivity contribution in [2.24, 2.45) is 5.92 Å². The predicted octanol–water partition coefficient (Wildman–Crippen LogP) is 2.58. The molecule has 1 saturated heterocycles. The number of hydrogen-bond acceptors (Lipinski definition) is 6. The number of nitrogens with zero attached hydrogens (tertiary/aromatic N) is 2. The zero-order valence-corrected chi connectivity index (χ0v) is 16.3. The first-order valence-corrected chi connectivity index (χ1v) is 9.53. The van der Waals surface area contributed by atoms with E-state index in [2.05, 4.69) is 14.5 Å². The van der Waals surface area contributed by atoms with Gasteiger partial charge >= 0.3 is 12.3 Å². The molecule has 1 fully saturated rings. The van der Waals surface area contributed by atoms with E-state index in [9.17, 15) is 28.3 Å². The number of halogens is 2. The number of ether oxygens (including phenoxy) is 2. The first-order chi connectivity index (χ1) is 14.7. The van der Waals surface area contributed by atoms with Gasteiger partial charge in [0.15, 0.2) is 11.5 Å². The fourth-order valence-electron chi connectivity index (χ4n) is 3.83. The molecule has 2 aliphatic heterocycles. The molecule has 3 atom stereocenters. The van der Waals surface area contributed by atoms with Crippen molar-refractivity contribution in [1.29, 1.82) is 0 Å². The van der Waals surface area contributed by atoms with Crippen LogP contribution in [-0.4, -0.2) is 45.1 Å². The molecule has 8 nitrogen and oxygen atoms in total. The zero-order chi connectivity index (χ0) is 22.3. The van der Waals surface area contributed by atoms with Gasteiger partial charge in [0, 0.05) is 18.8 Å². The van der Waals surface area contributed by atoms with Crippen molar-refractivity contribution in [3.63, 3.8) is 0 Å². The van der Waals surface area contributed by atoms with Crippen LogP contribution in [0.5, 0.6) is 11.5 Å². The maximum atomic E-state index is 13.2. The first-order valence-electron chi connectivity index (χ1n) is 9.53. The Morgan fingerprint density at radius 1 is 1.26 bits per heavy atom. The third-order valence-electron chi connectivity index (χ3n) is 5.39. The molecule has 4 rings (SSSR count). The summed E-state index contributed by atoms with van der Waals surface area (Å²) in [6.45, 7) is 1.67. The minimum absolute atomic E-state index is 0.116. The molecule has 2 aliphatic rings. The quantitative estimate of drug-likeness (QED) is 0.700. The van der Waals surface area contributed by atoms with Gasteiger partial charge in [0.1, 0.15) is 6.04 Å².